The van der Waals surface area contributed by atoms with E-state index in [9.17, 15) is 4.79 Å². The van der Waals surface area contributed by atoms with E-state index in [1.807, 2.05) is 24.4 Å². The summed E-state index contributed by atoms with van der Waals surface area (Å²) in [5.74, 6) is 0.398. The first-order chi connectivity index (χ1) is 10.2. The Morgan fingerprint density at radius 1 is 1.48 bits per heavy atom. The fourth-order valence-corrected chi connectivity index (χ4v) is 3.86. The molecule has 0 aliphatic rings. The van der Waals surface area contributed by atoms with Gasteiger partial charge in [-0.3, -0.25) is 9.63 Å². The van der Waals surface area contributed by atoms with E-state index in [1.165, 1.54) is 0 Å². The van der Waals surface area contributed by atoms with Crippen LogP contribution >= 0.6 is 22.7 Å². The number of hydrogen-bond acceptors (Lipinski definition) is 6. The van der Waals surface area contributed by atoms with Gasteiger partial charge in [-0.15, -0.1) is 22.7 Å². The molecule has 0 fully saturated rings. The lowest BCUT2D eigenvalue weighted by Crippen LogP contribution is -2.28. The summed E-state index contributed by atoms with van der Waals surface area (Å²) in [6, 6.07) is 3.94. The molecule has 0 saturated carbocycles. The molecule has 7 heteroatoms. The number of aromatic nitrogens is 1. The van der Waals surface area contributed by atoms with Gasteiger partial charge in [0.05, 0.1) is 26.5 Å². The van der Waals surface area contributed by atoms with Gasteiger partial charge in [-0.2, -0.15) is 0 Å². The number of nitrogens with one attached hydrogen (secondary N) is 1. The van der Waals surface area contributed by atoms with Crippen LogP contribution in [-0.2, 0) is 9.63 Å². The first-order valence-corrected chi connectivity index (χ1v) is 8.19. The molecule has 2 heterocycles. The summed E-state index contributed by atoms with van der Waals surface area (Å²) in [5.41, 5.74) is 3.32. The third-order valence-electron chi connectivity index (χ3n) is 2.86. The average Bonchev–Trinajstić information content (AvgIpc) is 3.07. The van der Waals surface area contributed by atoms with E-state index in [2.05, 4.69) is 10.5 Å². The number of hydrogen-bond donors (Lipinski definition) is 1. The lowest BCUT2D eigenvalue weighted by Gasteiger charge is -2.08. The Kier molecular flexibility index (Phi) is 4.05. The van der Waals surface area contributed by atoms with Crippen molar-refractivity contribution in [2.24, 2.45) is 0 Å². The second-order valence-corrected chi connectivity index (χ2v) is 6.52. The van der Waals surface area contributed by atoms with Crippen molar-refractivity contribution in [3.63, 3.8) is 0 Å². The number of nitrogens with zero attached hydrogens (tertiary/aromatic N) is 1. The number of hydroxylamine groups is 1. The van der Waals surface area contributed by atoms with Crippen molar-refractivity contribution in [2.45, 2.75) is 13.8 Å². The van der Waals surface area contributed by atoms with E-state index in [0.717, 1.165) is 25.3 Å². The van der Waals surface area contributed by atoms with Crippen LogP contribution in [0.4, 0.5) is 0 Å². The third kappa shape index (κ3) is 2.85. The Bertz CT molecular complexity index is 794. The van der Waals surface area contributed by atoms with E-state index in [-0.39, 0.29) is 12.5 Å². The second kappa shape index (κ2) is 5.97. The van der Waals surface area contributed by atoms with Gasteiger partial charge in [0.15, 0.2) is 6.61 Å². The number of aryl methyl sites for hydroxylation is 1. The van der Waals surface area contributed by atoms with Crippen molar-refractivity contribution in [1.29, 1.82) is 0 Å². The van der Waals surface area contributed by atoms with Gasteiger partial charge in [0.25, 0.3) is 5.91 Å². The molecule has 3 aromatic rings. The molecule has 0 saturated heterocycles. The maximum Gasteiger partial charge on any atom is 0.281 e. The zero-order valence-electron chi connectivity index (χ0n) is 11.6. The van der Waals surface area contributed by atoms with Gasteiger partial charge in [-0.1, -0.05) is 0 Å². The Hall–Kier alpha value is -1.70. The molecule has 2 aromatic heterocycles. The van der Waals surface area contributed by atoms with Gasteiger partial charge in [0.1, 0.15) is 5.75 Å². The van der Waals surface area contributed by atoms with Gasteiger partial charge >= 0.3 is 0 Å². The Labute approximate surface area is 129 Å². The molecule has 1 amide bonds. The lowest BCUT2D eigenvalue weighted by molar-refractivity contribution is -0.135. The number of benzene rings is 1. The monoisotopic (exact) mass is 322 g/mol. The number of carbonyl (C=O) groups is 1. The van der Waals surface area contributed by atoms with Crippen molar-refractivity contribution in [3.8, 4) is 5.75 Å². The SMILES string of the molecule is CCONC(=O)COc1cc2sc(C)nc2c2sccc12. The first kappa shape index (κ1) is 14.2. The van der Waals surface area contributed by atoms with Crippen LogP contribution in [0, 0.1) is 6.92 Å². The molecule has 0 aliphatic heterocycles. The van der Waals surface area contributed by atoms with E-state index in [0.29, 0.717) is 12.4 Å². The fraction of sp³-hybridized carbons (Fsp3) is 0.286. The van der Waals surface area contributed by atoms with Crippen molar-refractivity contribution < 1.29 is 14.4 Å². The summed E-state index contributed by atoms with van der Waals surface area (Å²) in [6.45, 7) is 4.14. The summed E-state index contributed by atoms with van der Waals surface area (Å²) >= 11 is 3.25. The first-order valence-electron chi connectivity index (χ1n) is 6.50. The number of carbonyl (C=O) groups excluding carboxylic acids is 1. The molecule has 0 spiro atoms. The van der Waals surface area contributed by atoms with Crippen molar-refractivity contribution in [2.75, 3.05) is 13.2 Å². The van der Waals surface area contributed by atoms with Crippen LogP contribution in [0.3, 0.4) is 0 Å². The van der Waals surface area contributed by atoms with Crippen LogP contribution in [-0.4, -0.2) is 24.1 Å². The Morgan fingerprint density at radius 2 is 2.33 bits per heavy atom. The molecule has 0 atom stereocenters. The van der Waals surface area contributed by atoms with Crippen LogP contribution in [0.1, 0.15) is 11.9 Å². The standard InChI is InChI=1S/C14H14N2O3S2/c1-3-19-16-12(17)7-18-10-6-11-13(15-8(2)21-11)14-9(10)4-5-20-14/h4-6H,3,7H2,1-2H3,(H,16,17). The summed E-state index contributed by atoms with van der Waals surface area (Å²) in [6.07, 6.45) is 0. The molecule has 0 radical (unpaired) electrons. The number of thiophene rings is 1. The van der Waals surface area contributed by atoms with Crippen molar-refractivity contribution in [3.05, 3.63) is 22.5 Å². The van der Waals surface area contributed by atoms with E-state index in [1.54, 1.807) is 29.6 Å². The minimum Gasteiger partial charge on any atom is -0.483 e. The van der Waals surface area contributed by atoms with Crippen LogP contribution in [0.15, 0.2) is 17.5 Å². The molecule has 0 unspecified atom stereocenters. The summed E-state index contributed by atoms with van der Waals surface area (Å²) in [4.78, 5) is 21.0. The summed E-state index contributed by atoms with van der Waals surface area (Å²) in [5, 5.41) is 4.01. The molecule has 5 nitrogen and oxygen atoms in total. The number of fused-ring (bicyclic) bond motifs is 3. The van der Waals surface area contributed by atoms with Crippen LogP contribution < -0.4 is 10.2 Å². The highest BCUT2D eigenvalue weighted by Gasteiger charge is 2.13. The predicted molar refractivity (Wildman–Crippen MR) is 85.0 cm³/mol. The second-order valence-electron chi connectivity index (χ2n) is 4.36. The quantitative estimate of drug-likeness (QED) is 0.732. The van der Waals surface area contributed by atoms with Gasteiger partial charge < -0.3 is 4.74 Å². The topological polar surface area (TPSA) is 60.5 Å². The summed E-state index contributed by atoms with van der Waals surface area (Å²) in [7, 11) is 0. The molecular formula is C14H14N2O3S2. The molecular weight excluding hydrogens is 308 g/mol. The lowest BCUT2D eigenvalue weighted by atomic mass is 10.2. The zero-order chi connectivity index (χ0) is 14.8. The Morgan fingerprint density at radius 3 is 3.14 bits per heavy atom. The van der Waals surface area contributed by atoms with Gasteiger partial charge in [0.2, 0.25) is 0 Å². The number of amides is 1. The number of rotatable bonds is 5. The van der Waals surface area contributed by atoms with Crippen LogP contribution in [0.25, 0.3) is 20.3 Å². The van der Waals surface area contributed by atoms with Crippen molar-refractivity contribution in [1.82, 2.24) is 10.5 Å². The van der Waals surface area contributed by atoms with Gasteiger partial charge in [0, 0.05) is 11.5 Å². The number of ether oxygens (including phenoxy) is 1. The third-order valence-corrected chi connectivity index (χ3v) is 4.70. The highest BCUT2D eigenvalue weighted by Crippen LogP contribution is 2.38. The molecule has 3 rings (SSSR count). The minimum atomic E-state index is -0.305. The molecule has 21 heavy (non-hydrogen) atoms. The predicted octanol–water partition coefficient (Wildman–Crippen LogP) is 3.27. The maximum absolute atomic E-state index is 11.5. The largest absolute Gasteiger partial charge is 0.483 e. The zero-order valence-corrected chi connectivity index (χ0v) is 13.3. The molecule has 110 valence electrons. The maximum atomic E-state index is 11.5. The average molecular weight is 322 g/mol. The van der Waals surface area contributed by atoms with Gasteiger partial charge in [-0.05, 0) is 25.3 Å². The normalized spacial score (nSPS) is 11.1. The fourth-order valence-electron chi connectivity index (χ4n) is 2.03. The molecule has 0 bridgehead atoms. The van der Waals surface area contributed by atoms with Gasteiger partial charge in [-0.25, -0.2) is 10.5 Å². The van der Waals surface area contributed by atoms with Crippen LogP contribution in [0.2, 0.25) is 0 Å². The highest BCUT2D eigenvalue weighted by atomic mass is 32.1. The molecule has 1 aromatic carbocycles. The van der Waals surface area contributed by atoms with E-state index in [4.69, 9.17) is 9.57 Å². The number of thiazole rings is 1. The smallest absolute Gasteiger partial charge is 0.281 e. The Balaban J connectivity index is 1.90. The van der Waals surface area contributed by atoms with Crippen LogP contribution in [0.5, 0.6) is 5.75 Å². The highest BCUT2D eigenvalue weighted by molar-refractivity contribution is 7.21. The van der Waals surface area contributed by atoms with E-state index >= 15 is 0 Å². The van der Waals surface area contributed by atoms with E-state index < -0.39 is 0 Å². The minimum absolute atomic E-state index is 0.0752. The molecule has 1 N–H and O–H groups in total. The summed E-state index contributed by atoms with van der Waals surface area (Å²) < 4.78 is 7.81. The molecule has 0 aliphatic carbocycles. The van der Waals surface area contributed by atoms with Crippen molar-refractivity contribution >= 4 is 48.9 Å².